The van der Waals surface area contributed by atoms with Crippen molar-refractivity contribution in [3.05, 3.63) is 11.7 Å². The molecule has 2 heterocycles. The molecule has 0 bridgehead atoms. The number of rotatable bonds is 3. The molecule has 3 unspecified atom stereocenters. The molecule has 3 rings (SSSR count). The lowest BCUT2D eigenvalue weighted by molar-refractivity contribution is 0.331. The summed E-state index contributed by atoms with van der Waals surface area (Å²) in [5.41, 5.74) is 0. The average molecular weight is 285 g/mol. The van der Waals surface area contributed by atoms with Gasteiger partial charge in [0.15, 0.2) is 15.7 Å². The van der Waals surface area contributed by atoms with E-state index in [0.29, 0.717) is 24.2 Å². The van der Waals surface area contributed by atoms with Crippen molar-refractivity contribution in [2.24, 2.45) is 0 Å². The van der Waals surface area contributed by atoms with Gasteiger partial charge < -0.3 is 9.84 Å². The molecule has 0 aromatic carbocycles. The summed E-state index contributed by atoms with van der Waals surface area (Å²) < 4.78 is 28.3. The van der Waals surface area contributed by atoms with E-state index in [-0.39, 0.29) is 23.3 Å². The second kappa shape index (κ2) is 4.86. The molecule has 19 heavy (non-hydrogen) atoms. The number of likely N-dealkylation sites (N-methyl/N-ethyl adjacent to an activating group) is 1. The maximum absolute atomic E-state index is 11.5. The zero-order valence-electron chi connectivity index (χ0n) is 11.0. The molecule has 2 fully saturated rings. The largest absolute Gasteiger partial charge is 0.339 e. The summed E-state index contributed by atoms with van der Waals surface area (Å²) in [6, 6.07) is 0.389. The van der Waals surface area contributed by atoms with Crippen LogP contribution >= 0.6 is 0 Å². The van der Waals surface area contributed by atoms with Crippen LogP contribution in [-0.4, -0.2) is 43.2 Å². The quantitative estimate of drug-likeness (QED) is 0.885. The standard InChI is InChI=1S/C12H19N3O3S/c1-13-10-4-2-3-9(10)12-14-11(15-18-12)8-5-6-19(16,17)7-8/h8-10,13H,2-7H2,1H3. The van der Waals surface area contributed by atoms with Crippen LogP contribution in [0.3, 0.4) is 0 Å². The van der Waals surface area contributed by atoms with Crippen molar-refractivity contribution in [2.45, 2.75) is 43.6 Å². The molecule has 2 aliphatic rings. The second-order valence-electron chi connectivity index (χ2n) is 5.52. The van der Waals surface area contributed by atoms with E-state index in [9.17, 15) is 8.42 Å². The molecule has 0 amide bonds. The van der Waals surface area contributed by atoms with E-state index in [1.165, 1.54) is 0 Å². The molecule has 1 aliphatic heterocycles. The number of hydrogen-bond donors (Lipinski definition) is 1. The first kappa shape index (κ1) is 13.1. The summed E-state index contributed by atoms with van der Waals surface area (Å²) in [7, 11) is -0.955. The zero-order valence-corrected chi connectivity index (χ0v) is 11.8. The summed E-state index contributed by atoms with van der Waals surface area (Å²) in [5, 5.41) is 7.28. The molecule has 0 radical (unpaired) electrons. The second-order valence-corrected chi connectivity index (χ2v) is 7.75. The smallest absolute Gasteiger partial charge is 0.231 e. The Balaban J connectivity index is 1.77. The van der Waals surface area contributed by atoms with Crippen molar-refractivity contribution in [3.8, 4) is 0 Å². The molecule has 1 aromatic heterocycles. The first-order valence-corrected chi connectivity index (χ1v) is 8.62. The first-order valence-electron chi connectivity index (χ1n) is 6.80. The summed E-state index contributed by atoms with van der Waals surface area (Å²) in [6.45, 7) is 0. The van der Waals surface area contributed by atoms with Gasteiger partial charge in [-0.1, -0.05) is 11.6 Å². The third-order valence-electron chi connectivity index (χ3n) is 4.26. The summed E-state index contributed by atoms with van der Waals surface area (Å²) in [5.74, 6) is 1.81. The molecule has 1 saturated heterocycles. The van der Waals surface area contributed by atoms with Gasteiger partial charge in [0.2, 0.25) is 5.89 Å². The molecule has 1 N–H and O–H groups in total. The van der Waals surface area contributed by atoms with E-state index < -0.39 is 9.84 Å². The van der Waals surface area contributed by atoms with E-state index in [1.54, 1.807) is 0 Å². The van der Waals surface area contributed by atoms with Crippen molar-refractivity contribution >= 4 is 9.84 Å². The van der Waals surface area contributed by atoms with Crippen LogP contribution in [0.15, 0.2) is 4.52 Å². The highest BCUT2D eigenvalue weighted by molar-refractivity contribution is 7.91. The maximum Gasteiger partial charge on any atom is 0.231 e. The fourth-order valence-electron chi connectivity index (χ4n) is 3.16. The summed E-state index contributed by atoms with van der Waals surface area (Å²) in [4.78, 5) is 4.46. The number of sulfone groups is 1. The minimum Gasteiger partial charge on any atom is -0.339 e. The number of aromatic nitrogens is 2. The van der Waals surface area contributed by atoms with E-state index >= 15 is 0 Å². The Kier molecular flexibility index (Phi) is 3.34. The molecular weight excluding hydrogens is 266 g/mol. The van der Waals surface area contributed by atoms with Crippen molar-refractivity contribution in [2.75, 3.05) is 18.6 Å². The van der Waals surface area contributed by atoms with Gasteiger partial charge in [-0.25, -0.2) is 8.42 Å². The van der Waals surface area contributed by atoms with Crippen LogP contribution in [0.2, 0.25) is 0 Å². The van der Waals surface area contributed by atoms with Crippen LogP contribution in [0.4, 0.5) is 0 Å². The van der Waals surface area contributed by atoms with E-state index in [0.717, 1.165) is 19.3 Å². The summed E-state index contributed by atoms with van der Waals surface area (Å²) in [6.07, 6.45) is 3.94. The fraction of sp³-hybridized carbons (Fsp3) is 0.833. The van der Waals surface area contributed by atoms with Crippen molar-refractivity contribution in [3.63, 3.8) is 0 Å². The Morgan fingerprint density at radius 1 is 1.32 bits per heavy atom. The van der Waals surface area contributed by atoms with Gasteiger partial charge in [-0.05, 0) is 26.3 Å². The number of hydrogen-bond acceptors (Lipinski definition) is 6. The van der Waals surface area contributed by atoms with E-state index in [4.69, 9.17) is 4.52 Å². The third kappa shape index (κ3) is 2.53. The zero-order chi connectivity index (χ0) is 13.5. The Morgan fingerprint density at radius 2 is 2.16 bits per heavy atom. The van der Waals surface area contributed by atoms with Gasteiger partial charge in [0, 0.05) is 12.0 Å². The van der Waals surface area contributed by atoms with Gasteiger partial charge in [0.1, 0.15) is 0 Å². The molecular formula is C12H19N3O3S. The van der Waals surface area contributed by atoms with E-state index in [1.807, 2.05) is 7.05 Å². The van der Waals surface area contributed by atoms with Crippen LogP contribution in [0.1, 0.15) is 49.2 Å². The Hall–Kier alpha value is -0.950. The van der Waals surface area contributed by atoms with Gasteiger partial charge in [-0.2, -0.15) is 4.98 Å². The molecule has 1 saturated carbocycles. The minimum atomic E-state index is -2.90. The molecule has 6 nitrogen and oxygen atoms in total. The Bertz CT molecular complexity index is 554. The van der Waals surface area contributed by atoms with Crippen molar-refractivity contribution < 1.29 is 12.9 Å². The highest BCUT2D eigenvalue weighted by Gasteiger charge is 2.35. The first-order chi connectivity index (χ1) is 9.09. The van der Waals surface area contributed by atoms with E-state index in [2.05, 4.69) is 15.5 Å². The molecule has 3 atom stereocenters. The Labute approximate surface area is 112 Å². The van der Waals surface area contributed by atoms with Gasteiger partial charge in [0.25, 0.3) is 0 Å². The Morgan fingerprint density at radius 3 is 2.84 bits per heavy atom. The highest BCUT2D eigenvalue weighted by Crippen LogP contribution is 2.35. The molecule has 106 valence electrons. The van der Waals surface area contributed by atoms with Crippen LogP contribution in [0, 0.1) is 0 Å². The lowest BCUT2D eigenvalue weighted by atomic mass is 10.0. The van der Waals surface area contributed by atoms with Gasteiger partial charge >= 0.3 is 0 Å². The fourth-order valence-corrected chi connectivity index (χ4v) is 4.90. The lowest BCUT2D eigenvalue weighted by Gasteiger charge is -2.14. The molecule has 0 spiro atoms. The predicted molar refractivity (Wildman–Crippen MR) is 69.7 cm³/mol. The van der Waals surface area contributed by atoms with Crippen molar-refractivity contribution in [1.82, 2.24) is 15.5 Å². The minimum absolute atomic E-state index is 0.0862. The van der Waals surface area contributed by atoms with Crippen LogP contribution in [0.5, 0.6) is 0 Å². The SMILES string of the molecule is CNC1CCCC1c1nc(C2CCS(=O)(=O)C2)no1. The van der Waals surface area contributed by atoms with Gasteiger partial charge in [-0.3, -0.25) is 0 Å². The third-order valence-corrected chi connectivity index (χ3v) is 6.03. The van der Waals surface area contributed by atoms with Crippen molar-refractivity contribution in [1.29, 1.82) is 0 Å². The topological polar surface area (TPSA) is 85.1 Å². The number of nitrogens with zero attached hydrogens (tertiary/aromatic N) is 2. The maximum atomic E-state index is 11.5. The molecule has 7 heteroatoms. The lowest BCUT2D eigenvalue weighted by Crippen LogP contribution is -2.27. The van der Waals surface area contributed by atoms with Gasteiger partial charge in [-0.15, -0.1) is 0 Å². The van der Waals surface area contributed by atoms with Gasteiger partial charge in [0.05, 0.1) is 17.4 Å². The number of nitrogens with one attached hydrogen (secondary N) is 1. The molecule has 1 aromatic rings. The van der Waals surface area contributed by atoms with Crippen LogP contribution < -0.4 is 5.32 Å². The van der Waals surface area contributed by atoms with Crippen LogP contribution in [0.25, 0.3) is 0 Å². The highest BCUT2D eigenvalue weighted by atomic mass is 32.2. The normalized spacial score (nSPS) is 33.8. The predicted octanol–water partition coefficient (Wildman–Crippen LogP) is 0.827. The van der Waals surface area contributed by atoms with Crippen LogP contribution in [-0.2, 0) is 9.84 Å². The average Bonchev–Trinajstić information content (AvgIpc) is 3.05. The monoisotopic (exact) mass is 285 g/mol. The molecule has 1 aliphatic carbocycles. The summed E-state index contributed by atoms with van der Waals surface area (Å²) >= 11 is 0.